The van der Waals surface area contributed by atoms with Crippen LogP contribution in [0.2, 0.25) is 0 Å². The van der Waals surface area contributed by atoms with E-state index in [1.165, 1.54) is 15.6 Å². The average Bonchev–Trinajstić information content (AvgIpc) is 2.85. The van der Waals surface area contributed by atoms with Crippen LogP contribution >= 0.6 is 23.1 Å². The Labute approximate surface area is 124 Å². The first-order chi connectivity index (χ1) is 8.93. The van der Waals surface area contributed by atoms with Crippen molar-refractivity contribution in [2.24, 2.45) is 0 Å². The topological polar surface area (TPSA) is 49.4 Å². The summed E-state index contributed by atoms with van der Waals surface area (Å²) < 4.78 is 26.8. The molecule has 1 aromatic rings. The molecule has 0 amide bonds. The highest BCUT2D eigenvalue weighted by Gasteiger charge is 2.26. The van der Waals surface area contributed by atoms with E-state index in [1.807, 2.05) is 26.3 Å². The minimum Gasteiger partial charge on any atom is -0.319 e. The van der Waals surface area contributed by atoms with Gasteiger partial charge in [-0.05, 0) is 45.3 Å². The molecular weight excluding hydrogens is 300 g/mol. The summed E-state index contributed by atoms with van der Waals surface area (Å²) in [5, 5.41) is 3.07. The average molecular weight is 323 g/mol. The highest BCUT2D eigenvalue weighted by molar-refractivity contribution is 7.98. The molecule has 0 aromatic carbocycles. The fourth-order valence-electron chi connectivity index (χ4n) is 1.60. The van der Waals surface area contributed by atoms with Gasteiger partial charge in [-0.1, -0.05) is 0 Å². The van der Waals surface area contributed by atoms with Crippen molar-refractivity contribution >= 4 is 33.1 Å². The van der Waals surface area contributed by atoms with Crippen LogP contribution in [0, 0.1) is 0 Å². The number of sulfonamides is 1. The third kappa shape index (κ3) is 4.46. The summed E-state index contributed by atoms with van der Waals surface area (Å²) >= 11 is 3.02. The van der Waals surface area contributed by atoms with Gasteiger partial charge in [-0.15, -0.1) is 11.3 Å². The van der Waals surface area contributed by atoms with Crippen molar-refractivity contribution in [1.29, 1.82) is 0 Å². The molecule has 1 unspecified atom stereocenters. The molecule has 0 saturated heterocycles. The van der Waals surface area contributed by atoms with Crippen LogP contribution in [-0.4, -0.2) is 51.4 Å². The molecule has 1 heterocycles. The molecule has 4 nitrogen and oxygen atoms in total. The Morgan fingerprint density at radius 3 is 2.74 bits per heavy atom. The van der Waals surface area contributed by atoms with Gasteiger partial charge in [0.2, 0.25) is 0 Å². The van der Waals surface area contributed by atoms with E-state index in [9.17, 15) is 8.42 Å². The van der Waals surface area contributed by atoms with Crippen LogP contribution in [0.15, 0.2) is 16.3 Å². The van der Waals surface area contributed by atoms with Gasteiger partial charge < -0.3 is 5.32 Å². The van der Waals surface area contributed by atoms with Gasteiger partial charge in [-0.3, -0.25) is 0 Å². The van der Waals surface area contributed by atoms with E-state index in [2.05, 4.69) is 5.32 Å². The van der Waals surface area contributed by atoms with Crippen LogP contribution in [0.1, 0.15) is 11.8 Å². The summed E-state index contributed by atoms with van der Waals surface area (Å²) in [6, 6.07) is 3.62. The van der Waals surface area contributed by atoms with Gasteiger partial charge in [0.15, 0.2) is 0 Å². The maximum Gasteiger partial charge on any atom is 0.252 e. The van der Waals surface area contributed by atoms with E-state index in [4.69, 9.17) is 0 Å². The predicted octanol–water partition coefficient (Wildman–Crippen LogP) is 1.88. The van der Waals surface area contributed by atoms with E-state index >= 15 is 0 Å². The fourth-order valence-corrected chi connectivity index (χ4v) is 5.31. The maximum absolute atomic E-state index is 12.4. The molecule has 1 atom stereocenters. The molecule has 0 spiro atoms. The smallest absolute Gasteiger partial charge is 0.252 e. The van der Waals surface area contributed by atoms with Gasteiger partial charge >= 0.3 is 0 Å². The van der Waals surface area contributed by atoms with E-state index in [1.54, 1.807) is 24.9 Å². The second-order valence-corrected chi connectivity index (χ2v) is 8.70. The van der Waals surface area contributed by atoms with Crippen molar-refractivity contribution in [3.63, 3.8) is 0 Å². The van der Waals surface area contributed by atoms with Gasteiger partial charge in [0.05, 0.1) is 0 Å². The van der Waals surface area contributed by atoms with Crippen molar-refractivity contribution in [2.45, 2.75) is 23.6 Å². The lowest BCUT2D eigenvalue weighted by molar-refractivity contribution is 0.416. The minimum atomic E-state index is -3.35. The number of likely N-dealkylation sites (N-methyl/N-ethyl adjacent to an activating group) is 1. The van der Waals surface area contributed by atoms with E-state index in [0.29, 0.717) is 4.21 Å². The standard InChI is InChI=1S/C12H22N2O2S3/c1-10(9-17-4)14(3)19(15,16)12-6-5-11(18-12)7-8-13-2/h5-6,10,13H,7-9H2,1-4H3. The molecule has 0 saturated carbocycles. The molecule has 1 rings (SSSR count). The van der Waals surface area contributed by atoms with Gasteiger partial charge in [0, 0.05) is 23.7 Å². The molecule has 1 N–H and O–H groups in total. The zero-order valence-corrected chi connectivity index (χ0v) is 14.3. The van der Waals surface area contributed by atoms with Crippen molar-refractivity contribution in [2.75, 3.05) is 32.6 Å². The molecule has 0 fully saturated rings. The summed E-state index contributed by atoms with van der Waals surface area (Å²) in [7, 11) is 0.201. The number of nitrogens with zero attached hydrogens (tertiary/aromatic N) is 1. The third-order valence-electron chi connectivity index (χ3n) is 2.92. The van der Waals surface area contributed by atoms with Crippen LogP contribution in [-0.2, 0) is 16.4 Å². The van der Waals surface area contributed by atoms with Crippen LogP contribution in [0.5, 0.6) is 0 Å². The Balaban J connectivity index is 2.84. The van der Waals surface area contributed by atoms with Crippen LogP contribution < -0.4 is 5.32 Å². The second kappa shape index (κ2) is 7.64. The van der Waals surface area contributed by atoms with E-state index in [-0.39, 0.29) is 6.04 Å². The maximum atomic E-state index is 12.4. The number of hydrogen-bond donors (Lipinski definition) is 1. The molecule has 1 aromatic heterocycles. The van der Waals surface area contributed by atoms with Gasteiger partial charge in [0.25, 0.3) is 10.0 Å². The molecule has 110 valence electrons. The highest BCUT2D eigenvalue weighted by Crippen LogP contribution is 2.26. The fraction of sp³-hybridized carbons (Fsp3) is 0.667. The molecule has 0 bridgehead atoms. The number of hydrogen-bond acceptors (Lipinski definition) is 5. The Bertz CT molecular complexity index is 485. The number of nitrogens with one attached hydrogen (secondary N) is 1. The molecule has 0 aliphatic carbocycles. The lowest BCUT2D eigenvalue weighted by atomic mass is 10.3. The quantitative estimate of drug-likeness (QED) is 0.794. The Hall–Kier alpha value is -0.0800. The van der Waals surface area contributed by atoms with E-state index in [0.717, 1.165) is 23.6 Å². The first-order valence-electron chi connectivity index (χ1n) is 6.13. The first kappa shape index (κ1) is 17.0. The second-order valence-electron chi connectivity index (χ2n) is 4.40. The van der Waals surface area contributed by atoms with E-state index < -0.39 is 10.0 Å². The highest BCUT2D eigenvalue weighted by atomic mass is 32.2. The number of rotatable bonds is 8. The van der Waals surface area contributed by atoms with Crippen molar-refractivity contribution in [1.82, 2.24) is 9.62 Å². The number of thioether (sulfide) groups is 1. The normalized spacial score (nSPS) is 13.9. The molecule has 0 radical (unpaired) electrons. The van der Waals surface area contributed by atoms with Gasteiger partial charge in [-0.25, -0.2) is 8.42 Å². The molecule has 19 heavy (non-hydrogen) atoms. The molecule has 0 aliphatic rings. The van der Waals surface area contributed by atoms with Crippen LogP contribution in [0.25, 0.3) is 0 Å². The Kier molecular flexibility index (Phi) is 6.82. The van der Waals surface area contributed by atoms with Crippen molar-refractivity contribution in [3.05, 3.63) is 17.0 Å². The Morgan fingerprint density at radius 1 is 1.47 bits per heavy atom. The monoisotopic (exact) mass is 322 g/mol. The van der Waals surface area contributed by atoms with Crippen molar-refractivity contribution < 1.29 is 8.42 Å². The molecule has 0 aliphatic heterocycles. The Morgan fingerprint density at radius 2 is 2.16 bits per heavy atom. The summed E-state index contributed by atoms with van der Waals surface area (Å²) in [6.45, 7) is 2.79. The predicted molar refractivity (Wildman–Crippen MR) is 84.7 cm³/mol. The molecule has 7 heteroatoms. The zero-order valence-electron chi connectivity index (χ0n) is 11.8. The first-order valence-corrected chi connectivity index (χ1v) is 9.78. The summed E-state index contributed by atoms with van der Waals surface area (Å²) in [5.41, 5.74) is 0. The largest absolute Gasteiger partial charge is 0.319 e. The summed E-state index contributed by atoms with van der Waals surface area (Å²) in [5.74, 6) is 0.799. The van der Waals surface area contributed by atoms with Crippen LogP contribution in [0.3, 0.4) is 0 Å². The van der Waals surface area contributed by atoms with Gasteiger partial charge in [0.1, 0.15) is 4.21 Å². The lowest BCUT2D eigenvalue weighted by Crippen LogP contribution is -2.36. The summed E-state index contributed by atoms with van der Waals surface area (Å²) in [4.78, 5) is 1.10. The van der Waals surface area contributed by atoms with Crippen molar-refractivity contribution in [3.8, 4) is 0 Å². The third-order valence-corrected chi connectivity index (χ3v) is 7.32. The SMILES string of the molecule is CNCCc1ccc(S(=O)(=O)N(C)C(C)CSC)s1. The minimum absolute atomic E-state index is 0.00265. The molecular formula is C12H22N2O2S3. The van der Waals surface area contributed by atoms with Crippen LogP contribution in [0.4, 0.5) is 0 Å². The number of thiophene rings is 1. The lowest BCUT2D eigenvalue weighted by Gasteiger charge is -2.22. The summed E-state index contributed by atoms with van der Waals surface area (Å²) in [6.07, 6.45) is 2.85. The van der Waals surface area contributed by atoms with Gasteiger partial charge in [-0.2, -0.15) is 16.1 Å². The zero-order chi connectivity index (χ0) is 14.5.